The van der Waals surface area contributed by atoms with Gasteiger partial charge in [-0.1, -0.05) is 48.0 Å². The number of nitrogens with one attached hydrogen (secondary N) is 2. The molecule has 1 aromatic heterocycles. The average molecular weight is 410 g/mol. The molecule has 0 radical (unpaired) electrons. The van der Waals surface area contributed by atoms with Crippen LogP contribution >= 0.6 is 11.6 Å². The fraction of sp³-hybridized carbons (Fsp3) is 0.375. The number of para-hydroxylation sites is 1. The van der Waals surface area contributed by atoms with E-state index in [4.69, 9.17) is 11.6 Å². The van der Waals surface area contributed by atoms with Crippen LogP contribution in [0, 0.1) is 5.92 Å². The molecule has 4 rings (SSSR count). The summed E-state index contributed by atoms with van der Waals surface area (Å²) < 4.78 is 0. The lowest BCUT2D eigenvalue weighted by atomic mass is 9.93. The normalized spacial score (nSPS) is 17.5. The van der Waals surface area contributed by atoms with Gasteiger partial charge in [-0.05, 0) is 55.0 Å². The van der Waals surface area contributed by atoms with Crippen molar-refractivity contribution in [3.05, 3.63) is 70.9 Å². The van der Waals surface area contributed by atoms with Crippen LogP contribution in [0.15, 0.2) is 54.7 Å². The smallest absolute Gasteiger partial charge is 0.220 e. The number of hydrogen-bond acceptors (Lipinski definition) is 2. The number of nitrogens with zero attached hydrogens (tertiary/aromatic N) is 1. The molecule has 1 amide bonds. The Morgan fingerprint density at radius 3 is 2.86 bits per heavy atom. The minimum Gasteiger partial charge on any atom is -0.361 e. The summed E-state index contributed by atoms with van der Waals surface area (Å²) in [5.74, 6) is 0.693. The van der Waals surface area contributed by atoms with Gasteiger partial charge in [0, 0.05) is 48.2 Å². The van der Waals surface area contributed by atoms with Gasteiger partial charge < -0.3 is 10.3 Å². The van der Waals surface area contributed by atoms with E-state index in [1.807, 2.05) is 24.3 Å². The molecule has 0 spiro atoms. The molecule has 2 N–H and O–H groups in total. The van der Waals surface area contributed by atoms with Gasteiger partial charge in [-0.25, -0.2) is 0 Å². The highest BCUT2D eigenvalue weighted by Gasteiger charge is 2.21. The van der Waals surface area contributed by atoms with Gasteiger partial charge in [0.25, 0.3) is 0 Å². The predicted molar refractivity (Wildman–Crippen MR) is 119 cm³/mol. The van der Waals surface area contributed by atoms with Crippen LogP contribution in [0.25, 0.3) is 10.9 Å². The maximum absolute atomic E-state index is 12.3. The number of H-pyrrole nitrogens is 1. The van der Waals surface area contributed by atoms with E-state index in [0.29, 0.717) is 23.9 Å². The zero-order valence-corrected chi connectivity index (χ0v) is 17.4. The van der Waals surface area contributed by atoms with Gasteiger partial charge in [0.15, 0.2) is 0 Å². The van der Waals surface area contributed by atoms with Gasteiger partial charge in [-0.15, -0.1) is 0 Å². The molecule has 1 unspecified atom stereocenters. The monoisotopic (exact) mass is 409 g/mol. The predicted octanol–water partition coefficient (Wildman–Crippen LogP) is 5.13. The second-order valence-electron chi connectivity index (χ2n) is 8.01. The summed E-state index contributed by atoms with van der Waals surface area (Å²) in [5, 5.41) is 5.02. The minimum atomic E-state index is 0.110. The molecule has 1 saturated heterocycles. The number of aromatic amines is 1. The number of carbonyl (C=O) groups is 1. The summed E-state index contributed by atoms with van der Waals surface area (Å²) >= 11 is 6.16. The molecule has 3 aromatic rings. The summed E-state index contributed by atoms with van der Waals surface area (Å²) in [6.07, 6.45) is 6.07. The third kappa shape index (κ3) is 5.20. The lowest BCUT2D eigenvalue weighted by molar-refractivity contribution is -0.121. The molecule has 0 bridgehead atoms. The highest BCUT2D eigenvalue weighted by atomic mass is 35.5. The summed E-state index contributed by atoms with van der Waals surface area (Å²) in [5.41, 5.74) is 3.52. The molecule has 5 heteroatoms. The first-order valence-electron chi connectivity index (χ1n) is 10.5. The Bertz CT molecular complexity index is 967. The Balaban J connectivity index is 1.24. The Kier molecular flexibility index (Phi) is 6.53. The molecule has 152 valence electrons. The lowest BCUT2D eigenvalue weighted by Gasteiger charge is -2.32. The van der Waals surface area contributed by atoms with Crippen LogP contribution < -0.4 is 5.32 Å². The molecule has 29 heavy (non-hydrogen) atoms. The third-order valence-electron chi connectivity index (χ3n) is 5.89. The lowest BCUT2D eigenvalue weighted by Crippen LogP contribution is -2.35. The third-order valence-corrected chi connectivity index (χ3v) is 6.25. The molecule has 0 aliphatic carbocycles. The summed E-state index contributed by atoms with van der Waals surface area (Å²) in [6.45, 7) is 3.67. The van der Waals surface area contributed by atoms with E-state index in [2.05, 4.69) is 45.7 Å². The highest BCUT2D eigenvalue weighted by molar-refractivity contribution is 6.31. The highest BCUT2D eigenvalue weighted by Crippen LogP contribution is 2.25. The molecule has 1 fully saturated rings. The summed E-state index contributed by atoms with van der Waals surface area (Å²) in [4.78, 5) is 18.2. The van der Waals surface area contributed by atoms with E-state index >= 15 is 0 Å². The summed E-state index contributed by atoms with van der Waals surface area (Å²) in [6, 6.07) is 16.1. The number of rotatable bonds is 7. The minimum absolute atomic E-state index is 0.110. The fourth-order valence-electron chi connectivity index (χ4n) is 4.29. The molecule has 0 saturated carbocycles. The molecule has 4 nitrogen and oxygen atoms in total. The number of aromatic nitrogens is 1. The van der Waals surface area contributed by atoms with Crippen LogP contribution in [0.5, 0.6) is 0 Å². The van der Waals surface area contributed by atoms with Crippen molar-refractivity contribution in [2.24, 2.45) is 5.92 Å². The van der Waals surface area contributed by atoms with Crippen molar-refractivity contribution in [3.8, 4) is 0 Å². The molecule has 2 aromatic carbocycles. The Morgan fingerprint density at radius 2 is 1.97 bits per heavy atom. The van der Waals surface area contributed by atoms with Crippen molar-refractivity contribution in [1.82, 2.24) is 15.2 Å². The van der Waals surface area contributed by atoms with Crippen molar-refractivity contribution in [2.45, 2.75) is 38.8 Å². The van der Waals surface area contributed by atoms with Crippen molar-refractivity contribution in [1.29, 1.82) is 0 Å². The topological polar surface area (TPSA) is 48.1 Å². The number of amides is 1. The first-order chi connectivity index (χ1) is 14.2. The molecule has 1 atom stereocenters. The van der Waals surface area contributed by atoms with Gasteiger partial charge in [0.2, 0.25) is 5.91 Å². The van der Waals surface area contributed by atoms with Crippen LogP contribution in [0.4, 0.5) is 0 Å². The zero-order valence-electron chi connectivity index (χ0n) is 16.7. The first kappa shape index (κ1) is 20.0. The Labute approximate surface area is 177 Å². The Morgan fingerprint density at radius 1 is 1.14 bits per heavy atom. The largest absolute Gasteiger partial charge is 0.361 e. The number of carbonyl (C=O) groups excluding carboxylic acids is 1. The maximum atomic E-state index is 12.3. The first-order valence-corrected chi connectivity index (χ1v) is 10.8. The molecule has 1 aliphatic heterocycles. The fourth-order valence-corrected chi connectivity index (χ4v) is 4.50. The van der Waals surface area contributed by atoms with E-state index in [-0.39, 0.29) is 5.91 Å². The standard InChI is InChI=1S/C24H28ClN3O/c25-22-9-3-1-7-19(22)14-27-24(29)12-11-18-6-5-13-28(16-18)17-20-15-26-23-10-4-2-8-21(20)23/h1-4,7-10,15,18,26H,5-6,11-14,16-17H2,(H,27,29). The van der Waals surface area contributed by atoms with Gasteiger partial charge in [0.05, 0.1) is 0 Å². The van der Waals surface area contributed by atoms with Crippen LogP contribution in [0.1, 0.15) is 36.8 Å². The van der Waals surface area contributed by atoms with E-state index < -0.39 is 0 Å². The quantitative estimate of drug-likeness (QED) is 0.568. The second-order valence-corrected chi connectivity index (χ2v) is 8.42. The van der Waals surface area contributed by atoms with Crippen molar-refractivity contribution < 1.29 is 4.79 Å². The van der Waals surface area contributed by atoms with Crippen LogP contribution in [0.2, 0.25) is 5.02 Å². The molecule has 2 heterocycles. The van der Waals surface area contributed by atoms with E-state index in [9.17, 15) is 4.79 Å². The number of benzene rings is 2. The van der Waals surface area contributed by atoms with Crippen molar-refractivity contribution in [2.75, 3.05) is 13.1 Å². The van der Waals surface area contributed by atoms with Crippen LogP contribution in [0.3, 0.4) is 0 Å². The van der Waals surface area contributed by atoms with Gasteiger partial charge >= 0.3 is 0 Å². The van der Waals surface area contributed by atoms with Crippen molar-refractivity contribution in [3.63, 3.8) is 0 Å². The number of hydrogen-bond donors (Lipinski definition) is 2. The van der Waals surface area contributed by atoms with Crippen LogP contribution in [-0.4, -0.2) is 28.9 Å². The van der Waals surface area contributed by atoms with Gasteiger partial charge in [-0.2, -0.15) is 0 Å². The van der Waals surface area contributed by atoms with Gasteiger partial charge in [-0.3, -0.25) is 9.69 Å². The number of piperidine rings is 1. The second kappa shape index (κ2) is 9.47. The van der Waals surface area contributed by atoms with E-state index in [0.717, 1.165) is 31.6 Å². The zero-order chi connectivity index (χ0) is 20.1. The number of likely N-dealkylation sites (tertiary alicyclic amines) is 1. The maximum Gasteiger partial charge on any atom is 0.220 e. The summed E-state index contributed by atoms with van der Waals surface area (Å²) in [7, 11) is 0. The van der Waals surface area contributed by atoms with Crippen LogP contribution in [-0.2, 0) is 17.9 Å². The SMILES string of the molecule is O=C(CCC1CCCN(Cc2c[nH]c3ccccc23)C1)NCc1ccccc1Cl. The molecular weight excluding hydrogens is 382 g/mol. The number of fused-ring (bicyclic) bond motifs is 1. The molecular formula is C24H28ClN3O. The number of halogens is 1. The van der Waals surface area contributed by atoms with Gasteiger partial charge in [0.1, 0.15) is 0 Å². The van der Waals surface area contributed by atoms with E-state index in [1.54, 1.807) is 0 Å². The average Bonchev–Trinajstić information content (AvgIpc) is 3.15. The van der Waals surface area contributed by atoms with E-state index in [1.165, 1.54) is 29.3 Å². The molecule has 1 aliphatic rings. The Hall–Kier alpha value is -2.30. The van der Waals surface area contributed by atoms with Crippen molar-refractivity contribution >= 4 is 28.4 Å².